The fourth-order valence-electron chi connectivity index (χ4n) is 4.62. The number of nitrogens with zero attached hydrogens (tertiary/aromatic N) is 3. The lowest BCUT2D eigenvalue weighted by Gasteiger charge is -2.47. The Hall–Kier alpha value is -2.15. The summed E-state index contributed by atoms with van der Waals surface area (Å²) in [6.45, 7) is 3.44. The van der Waals surface area contributed by atoms with Gasteiger partial charge < -0.3 is 20.2 Å². The summed E-state index contributed by atoms with van der Waals surface area (Å²) in [4.78, 5) is 33.6. The molecule has 3 aliphatic heterocycles. The first-order valence-electron chi connectivity index (χ1n) is 10.1. The predicted octanol–water partition coefficient (Wildman–Crippen LogP) is 1.18. The molecule has 3 saturated heterocycles. The molecule has 0 aromatic carbocycles. The van der Waals surface area contributed by atoms with Gasteiger partial charge in [-0.25, -0.2) is 4.98 Å². The molecule has 2 atom stereocenters. The Morgan fingerprint density at radius 3 is 2.70 bits per heavy atom. The van der Waals surface area contributed by atoms with Crippen molar-refractivity contribution in [2.75, 3.05) is 37.6 Å². The summed E-state index contributed by atoms with van der Waals surface area (Å²) in [5.41, 5.74) is -0.136. The van der Waals surface area contributed by atoms with Crippen LogP contribution >= 0.6 is 0 Å². The minimum absolute atomic E-state index is 0.0472. The van der Waals surface area contributed by atoms with Gasteiger partial charge in [0.15, 0.2) is 0 Å². The highest BCUT2D eigenvalue weighted by Gasteiger charge is 2.50. The lowest BCUT2D eigenvalue weighted by atomic mass is 9.71. The maximum absolute atomic E-state index is 12.6. The van der Waals surface area contributed by atoms with E-state index in [-0.39, 0.29) is 11.8 Å². The molecule has 1 aromatic rings. The molecule has 4 heterocycles. The van der Waals surface area contributed by atoms with Gasteiger partial charge in [0.1, 0.15) is 5.82 Å². The average Bonchev–Trinajstić information content (AvgIpc) is 2.72. The molecule has 0 radical (unpaired) electrons. The second-order valence-electron chi connectivity index (χ2n) is 8.00. The van der Waals surface area contributed by atoms with Gasteiger partial charge >= 0.3 is 0 Å². The summed E-state index contributed by atoms with van der Waals surface area (Å²) >= 11 is 0. The summed E-state index contributed by atoms with van der Waals surface area (Å²) in [5.74, 6) is 0.753. The number of hydrogen-bond donors (Lipinski definition) is 2. The normalized spacial score (nSPS) is 28.9. The van der Waals surface area contributed by atoms with Gasteiger partial charge in [-0.15, -0.1) is 0 Å². The number of aromatic nitrogens is 1. The van der Waals surface area contributed by atoms with Crippen molar-refractivity contribution in [3.05, 3.63) is 23.9 Å². The molecular formula is C20H28N4O3. The number of rotatable bonds is 2. The smallest absolute Gasteiger partial charge is 0.255 e. The van der Waals surface area contributed by atoms with Crippen LogP contribution in [0, 0.1) is 5.41 Å². The average molecular weight is 372 g/mol. The van der Waals surface area contributed by atoms with E-state index < -0.39 is 11.5 Å². The van der Waals surface area contributed by atoms with Crippen LogP contribution in [0.4, 0.5) is 5.82 Å². The zero-order valence-electron chi connectivity index (χ0n) is 15.7. The van der Waals surface area contributed by atoms with Gasteiger partial charge in [0.25, 0.3) is 5.91 Å². The summed E-state index contributed by atoms with van der Waals surface area (Å²) in [6, 6.07) is 3.70. The fraction of sp³-hybridized carbons (Fsp3) is 0.650. The van der Waals surface area contributed by atoms with Crippen molar-refractivity contribution in [2.24, 2.45) is 5.41 Å². The highest BCUT2D eigenvalue weighted by Crippen LogP contribution is 2.38. The van der Waals surface area contributed by atoms with Crippen molar-refractivity contribution in [1.82, 2.24) is 15.2 Å². The molecule has 146 valence electrons. The van der Waals surface area contributed by atoms with E-state index in [9.17, 15) is 14.7 Å². The number of aliphatic hydroxyl groups excluding tert-OH is 1. The molecule has 0 saturated carbocycles. The van der Waals surface area contributed by atoms with E-state index in [0.717, 1.165) is 38.2 Å². The Kier molecular flexibility index (Phi) is 5.04. The van der Waals surface area contributed by atoms with Crippen LogP contribution in [0.1, 0.15) is 48.9 Å². The van der Waals surface area contributed by atoms with Gasteiger partial charge in [-0.1, -0.05) is 0 Å². The van der Waals surface area contributed by atoms with Gasteiger partial charge in [-0.3, -0.25) is 9.59 Å². The second-order valence-corrected chi connectivity index (χ2v) is 8.00. The monoisotopic (exact) mass is 372 g/mol. The summed E-state index contributed by atoms with van der Waals surface area (Å²) in [7, 11) is 0. The second kappa shape index (κ2) is 7.46. The SMILES string of the molecule is O=C(c1ccc(N2CC[C@H](O)[C@@]3(CCCNC3=O)C2)nc1)N1CCCCC1. The van der Waals surface area contributed by atoms with E-state index in [1.54, 1.807) is 6.20 Å². The van der Waals surface area contributed by atoms with Crippen molar-refractivity contribution in [1.29, 1.82) is 0 Å². The first kappa shape index (κ1) is 18.2. The van der Waals surface area contributed by atoms with Gasteiger partial charge in [0, 0.05) is 38.9 Å². The van der Waals surface area contributed by atoms with Crippen molar-refractivity contribution in [3.63, 3.8) is 0 Å². The Morgan fingerprint density at radius 2 is 2.00 bits per heavy atom. The predicted molar refractivity (Wildman–Crippen MR) is 102 cm³/mol. The van der Waals surface area contributed by atoms with Crippen LogP contribution in [0.25, 0.3) is 0 Å². The molecule has 2 amide bonds. The Balaban J connectivity index is 1.48. The molecule has 7 heteroatoms. The number of amides is 2. The summed E-state index contributed by atoms with van der Waals surface area (Å²) in [6.07, 6.45) is 6.48. The minimum atomic E-state index is -0.750. The number of carbonyl (C=O) groups excluding carboxylic acids is 2. The quantitative estimate of drug-likeness (QED) is 0.814. The lowest BCUT2D eigenvalue weighted by Crippen LogP contribution is -2.61. The van der Waals surface area contributed by atoms with Crippen LogP contribution in [0.5, 0.6) is 0 Å². The Bertz CT molecular complexity index is 702. The van der Waals surface area contributed by atoms with Gasteiger partial charge in [0.05, 0.1) is 17.1 Å². The van der Waals surface area contributed by atoms with Gasteiger partial charge in [0.2, 0.25) is 5.91 Å². The fourth-order valence-corrected chi connectivity index (χ4v) is 4.62. The lowest BCUT2D eigenvalue weighted by molar-refractivity contribution is -0.142. The minimum Gasteiger partial charge on any atom is -0.392 e. The van der Waals surface area contributed by atoms with E-state index in [0.29, 0.717) is 38.0 Å². The zero-order valence-corrected chi connectivity index (χ0v) is 15.7. The molecule has 0 aliphatic carbocycles. The molecule has 27 heavy (non-hydrogen) atoms. The molecule has 1 aromatic heterocycles. The molecule has 2 N–H and O–H groups in total. The Labute approximate surface area is 159 Å². The van der Waals surface area contributed by atoms with Crippen molar-refractivity contribution in [3.8, 4) is 0 Å². The van der Waals surface area contributed by atoms with Crippen LogP contribution < -0.4 is 10.2 Å². The molecule has 0 bridgehead atoms. The number of anilines is 1. The third kappa shape index (κ3) is 3.40. The number of likely N-dealkylation sites (tertiary alicyclic amines) is 1. The zero-order chi connectivity index (χ0) is 18.9. The number of piperidine rings is 3. The standard InChI is InChI=1S/C20H28N4O3/c25-16-7-12-24(14-20(16)8-4-9-21-19(20)27)17-6-5-15(13-22-17)18(26)23-10-2-1-3-11-23/h5-6,13,16,25H,1-4,7-12,14H2,(H,21,27)/t16-,20+/m0/s1. The maximum Gasteiger partial charge on any atom is 0.255 e. The number of carbonyl (C=O) groups is 2. The van der Waals surface area contributed by atoms with Crippen molar-refractivity contribution in [2.45, 2.75) is 44.6 Å². The number of nitrogens with one attached hydrogen (secondary N) is 1. The topological polar surface area (TPSA) is 85.8 Å². The van der Waals surface area contributed by atoms with E-state index in [1.165, 1.54) is 6.42 Å². The van der Waals surface area contributed by atoms with Crippen LogP contribution in [0.3, 0.4) is 0 Å². The van der Waals surface area contributed by atoms with E-state index in [2.05, 4.69) is 15.2 Å². The molecule has 0 unspecified atom stereocenters. The van der Waals surface area contributed by atoms with Gasteiger partial charge in [-0.05, 0) is 50.7 Å². The highest BCUT2D eigenvalue weighted by atomic mass is 16.3. The van der Waals surface area contributed by atoms with Crippen LogP contribution in [-0.4, -0.2) is 65.6 Å². The van der Waals surface area contributed by atoms with Crippen LogP contribution in [-0.2, 0) is 4.79 Å². The van der Waals surface area contributed by atoms with Crippen LogP contribution in [0.2, 0.25) is 0 Å². The molecule has 4 rings (SSSR count). The van der Waals surface area contributed by atoms with Crippen LogP contribution in [0.15, 0.2) is 18.3 Å². The molecular weight excluding hydrogens is 344 g/mol. The van der Waals surface area contributed by atoms with E-state index in [4.69, 9.17) is 0 Å². The first-order valence-corrected chi connectivity index (χ1v) is 10.1. The van der Waals surface area contributed by atoms with E-state index in [1.807, 2.05) is 17.0 Å². The maximum atomic E-state index is 12.6. The summed E-state index contributed by atoms with van der Waals surface area (Å²) in [5, 5.41) is 13.4. The number of hydrogen-bond acceptors (Lipinski definition) is 5. The first-order chi connectivity index (χ1) is 13.1. The molecule has 1 spiro atoms. The molecule has 3 aliphatic rings. The van der Waals surface area contributed by atoms with Crippen molar-refractivity contribution >= 4 is 17.6 Å². The summed E-state index contributed by atoms with van der Waals surface area (Å²) < 4.78 is 0. The van der Waals surface area contributed by atoms with Crippen molar-refractivity contribution < 1.29 is 14.7 Å². The third-order valence-electron chi connectivity index (χ3n) is 6.28. The van der Waals surface area contributed by atoms with Gasteiger partial charge in [-0.2, -0.15) is 0 Å². The highest BCUT2D eigenvalue weighted by molar-refractivity contribution is 5.94. The number of aliphatic hydroxyl groups is 1. The largest absolute Gasteiger partial charge is 0.392 e. The molecule has 7 nitrogen and oxygen atoms in total. The third-order valence-corrected chi connectivity index (χ3v) is 6.28. The molecule has 3 fully saturated rings. The Morgan fingerprint density at radius 1 is 1.19 bits per heavy atom. The van der Waals surface area contributed by atoms with E-state index >= 15 is 0 Å². The number of pyridine rings is 1.